The molecule has 0 aliphatic heterocycles. The van der Waals surface area contributed by atoms with Gasteiger partial charge in [0.15, 0.2) is 5.69 Å². The van der Waals surface area contributed by atoms with Crippen LogP contribution in [-0.4, -0.2) is 28.8 Å². The molecule has 152 valence electrons. The third kappa shape index (κ3) is 4.71. The summed E-state index contributed by atoms with van der Waals surface area (Å²) in [7, 11) is 0. The highest BCUT2D eigenvalue weighted by atomic mass is 19.4. The number of amides is 1. The first-order valence-corrected chi connectivity index (χ1v) is 8.34. The van der Waals surface area contributed by atoms with Gasteiger partial charge in [0, 0.05) is 6.07 Å². The van der Waals surface area contributed by atoms with E-state index in [1.807, 2.05) is 0 Å². The topological polar surface area (TPSA) is 56.1 Å². The van der Waals surface area contributed by atoms with Crippen LogP contribution in [0.3, 0.4) is 0 Å². The number of nitrogens with zero attached hydrogens (tertiary/aromatic N) is 2. The molecular weight excluding hydrogens is 397 g/mol. The fourth-order valence-electron chi connectivity index (χ4n) is 2.58. The first-order chi connectivity index (χ1) is 13.8. The fraction of sp³-hybridized carbons (Fsp3) is 0.158. The van der Waals surface area contributed by atoms with Crippen LogP contribution in [0.4, 0.5) is 22.0 Å². The van der Waals surface area contributed by atoms with E-state index in [9.17, 15) is 26.7 Å². The summed E-state index contributed by atoms with van der Waals surface area (Å²) >= 11 is 0. The van der Waals surface area contributed by atoms with E-state index in [-0.39, 0.29) is 18.9 Å². The van der Waals surface area contributed by atoms with Crippen LogP contribution in [0.2, 0.25) is 0 Å². The summed E-state index contributed by atoms with van der Waals surface area (Å²) in [6.07, 6.45) is -4.23. The molecule has 0 unspecified atom stereocenters. The van der Waals surface area contributed by atoms with Gasteiger partial charge in [-0.3, -0.25) is 4.79 Å². The fourth-order valence-corrected chi connectivity index (χ4v) is 2.58. The summed E-state index contributed by atoms with van der Waals surface area (Å²) in [6.45, 7) is -0.241. The van der Waals surface area contributed by atoms with Gasteiger partial charge in [-0.05, 0) is 24.3 Å². The lowest BCUT2D eigenvalue weighted by Crippen LogP contribution is -2.30. The van der Waals surface area contributed by atoms with Gasteiger partial charge < -0.3 is 10.1 Å². The van der Waals surface area contributed by atoms with E-state index in [1.54, 1.807) is 0 Å². The van der Waals surface area contributed by atoms with Crippen LogP contribution < -0.4 is 10.1 Å². The Kier molecular flexibility index (Phi) is 5.81. The number of para-hydroxylation sites is 1. The molecule has 1 heterocycles. The van der Waals surface area contributed by atoms with E-state index >= 15 is 0 Å². The first kappa shape index (κ1) is 20.3. The van der Waals surface area contributed by atoms with Gasteiger partial charge in [-0.1, -0.05) is 18.2 Å². The molecule has 5 nitrogen and oxygen atoms in total. The predicted octanol–water partition coefficient (Wildman–Crippen LogP) is 3.98. The quantitative estimate of drug-likeness (QED) is 0.493. The van der Waals surface area contributed by atoms with Crippen LogP contribution in [0.1, 0.15) is 16.1 Å². The van der Waals surface area contributed by atoms with Crippen molar-refractivity contribution in [2.24, 2.45) is 0 Å². The van der Waals surface area contributed by atoms with Gasteiger partial charge in [-0.15, -0.1) is 0 Å². The minimum absolute atomic E-state index is 0.0992. The number of rotatable bonds is 6. The number of aromatic nitrogens is 2. The average molecular weight is 411 g/mol. The molecule has 0 saturated heterocycles. The highest BCUT2D eigenvalue weighted by Crippen LogP contribution is 2.34. The zero-order valence-electron chi connectivity index (χ0n) is 14.7. The van der Waals surface area contributed by atoms with Crippen LogP contribution in [0.25, 0.3) is 5.69 Å². The van der Waals surface area contributed by atoms with E-state index in [4.69, 9.17) is 4.74 Å². The number of hydrogen-bond acceptors (Lipinski definition) is 3. The van der Waals surface area contributed by atoms with Crippen LogP contribution in [-0.2, 0) is 6.18 Å². The molecule has 0 aliphatic carbocycles. The number of benzene rings is 2. The van der Waals surface area contributed by atoms with Crippen LogP contribution in [0, 0.1) is 11.6 Å². The summed E-state index contributed by atoms with van der Waals surface area (Å²) < 4.78 is 73.2. The Bertz CT molecular complexity index is 1020. The smallest absolute Gasteiger partial charge is 0.434 e. The molecule has 10 heteroatoms. The maximum absolute atomic E-state index is 13.9. The summed E-state index contributed by atoms with van der Waals surface area (Å²) in [5.41, 5.74) is -2.59. The Hall–Kier alpha value is -3.43. The molecule has 3 rings (SSSR count). The van der Waals surface area contributed by atoms with Gasteiger partial charge in [0.05, 0.1) is 18.3 Å². The number of ether oxygens (including phenoxy) is 1. The standard InChI is InChI=1S/C19H14F5N3O2/c20-12-4-3-5-13(10-12)29-9-8-25-18(28)14-11-26-27(17(14)19(22,23)24)16-7-2-1-6-15(16)21/h1-7,10-11H,8-9H2,(H,25,28). The van der Waals surface area contributed by atoms with Crippen molar-refractivity contribution in [1.82, 2.24) is 15.1 Å². The van der Waals surface area contributed by atoms with Crippen molar-refractivity contribution < 1.29 is 31.5 Å². The Morgan fingerprint density at radius 3 is 2.55 bits per heavy atom. The lowest BCUT2D eigenvalue weighted by atomic mass is 10.2. The van der Waals surface area contributed by atoms with Crippen LogP contribution >= 0.6 is 0 Å². The van der Waals surface area contributed by atoms with Gasteiger partial charge in [0.25, 0.3) is 5.91 Å². The monoisotopic (exact) mass is 411 g/mol. The number of halogens is 5. The Balaban J connectivity index is 1.74. The first-order valence-electron chi connectivity index (χ1n) is 8.34. The molecule has 0 bridgehead atoms. The maximum Gasteiger partial charge on any atom is 0.434 e. The molecule has 0 saturated carbocycles. The molecule has 0 radical (unpaired) electrons. The summed E-state index contributed by atoms with van der Waals surface area (Å²) in [5, 5.41) is 5.81. The highest BCUT2D eigenvalue weighted by Gasteiger charge is 2.40. The summed E-state index contributed by atoms with van der Waals surface area (Å²) in [6, 6.07) is 10.0. The van der Waals surface area contributed by atoms with Crippen molar-refractivity contribution in [3.05, 3.63) is 77.6 Å². The molecule has 3 aromatic rings. The van der Waals surface area contributed by atoms with Crippen molar-refractivity contribution in [3.8, 4) is 11.4 Å². The number of hydrogen-bond donors (Lipinski definition) is 1. The van der Waals surface area contributed by atoms with Gasteiger partial charge in [0.1, 0.15) is 29.7 Å². The van der Waals surface area contributed by atoms with Crippen LogP contribution in [0.15, 0.2) is 54.7 Å². The zero-order valence-corrected chi connectivity index (χ0v) is 14.7. The number of alkyl halides is 3. The highest BCUT2D eigenvalue weighted by molar-refractivity contribution is 5.95. The minimum Gasteiger partial charge on any atom is -0.492 e. The summed E-state index contributed by atoms with van der Waals surface area (Å²) in [4.78, 5) is 12.2. The third-order valence-corrected chi connectivity index (χ3v) is 3.82. The van der Waals surface area contributed by atoms with Gasteiger partial charge >= 0.3 is 6.18 Å². The second kappa shape index (κ2) is 8.29. The maximum atomic E-state index is 13.9. The van der Waals surface area contributed by atoms with Crippen molar-refractivity contribution in [2.75, 3.05) is 13.2 Å². The van der Waals surface area contributed by atoms with E-state index in [2.05, 4.69) is 10.4 Å². The second-order valence-corrected chi connectivity index (χ2v) is 5.83. The second-order valence-electron chi connectivity index (χ2n) is 5.83. The van der Waals surface area contributed by atoms with E-state index in [0.29, 0.717) is 4.68 Å². The lowest BCUT2D eigenvalue weighted by Gasteiger charge is -2.13. The Labute approximate surface area is 161 Å². The molecule has 29 heavy (non-hydrogen) atoms. The van der Waals surface area contributed by atoms with Crippen molar-refractivity contribution >= 4 is 5.91 Å². The minimum atomic E-state index is -4.95. The molecule has 1 N–H and O–H groups in total. The Morgan fingerprint density at radius 2 is 1.86 bits per heavy atom. The van der Waals surface area contributed by atoms with Gasteiger partial charge in [-0.25, -0.2) is 13.5 Å². The van der Waals surface area contributed by atoms with E-state index < -0.39 is 40.7 Å². The molecule has 1 aromatic heterocycles. The lowest BCUT2D eigenvalue weighted by molar-refractivity contribution is -0.143. The number of carbonyl (C=O) groups is 1. The number of nitrogens with one attached hydrogen (secondary N) is 1. The molecule has 0 aliphatic rings. The molecule has 0 fully saturated rings. The van der Waals surface area contributed by atoms with Crippen LogP contribution in [0.5, 0.6) is 5.75 Å². The SMILES string of the molecule is O=C(NCCOc1cccc(F)c1)c1cnn(-c2ccccc2F)c1C(F)(F)F. The molecular formula is C19H14F5N3O2. The van der Waals surface area contributed by atoms with Gasteiger partial charge in [0.2, 0.25) is 0 Å². The largest absolute Gasteiger partial charge is 0.492 e. The number of carbonyl (C=O) groups excluding carboxylic acids is 1. The molecule has 2 aromatic carbocycles. The molecule has 1 amide bonds. The summed E-state index contributed by atoms with van der Waals surface area (Å²) in [5.74, 6) is -2.27. The van der Waals surface area contributed by atoms with E-state index in [0.717, 1.165) is 24.4 Å². The van der Waals surface area contributed by atoms with Gasteiger partial charge in [-0.2, -0.15) is 18.3 Å². The average Bonchev–Trinajstić information content (AvgIpc) is 3.11. The molecule has 0 atom stereocenters. The van der Waals surface area contributed by atoms with Crippen molar-refractivity contribution in [1.29, 1.82) is 0 Å². The van der Waals surface area contributed by atoms with E-state index in [1.165, 1.54) is 30.3 Å². The van der Waals surface area contributed by atoms with Crippen molar-refractivity contribution in [3.63, 3.8) is 0 Å². The van der Waals surface area contributed by atoms with Crippen molar-refractivity contribution in [2.45, 2.75) is 6.18 Å². The molecule has 0 spiro atoms. The zero-order chi connectivity index (χ0) is 21.0. The Morgan fingerprint density at radius 1 is 1.10 bits per heavy atom. The predicted molar refractivity (Wildman–Crippen MR) is 92.8 cm³/mol. The normalized spacial score (nSPS) is 11.3. The third-order valence-electron chi connectivity index (χ3n) is 3.82.